The topological polar surface area (TPSA) is 97.0 Å². The maximum absolute atomic E-state index is 15.1. The van der Waals surface area contributed by atoms with Gasteiger partial charge in [-0.1, -0.05) is 36.0 Å². The number of fused-ring (bicyclic) bond motifs is 1. The zero-order chi connectivity index (χ0) is 28.4. The maximum atomic E-state index is 15.1. The Balaban J connectivity index is 1.42. The summed E-state index contributed by atoms with van der Waals surface area (Å²) in [6.07, 6.45) is -1.48. The molecule has 2 aliphatic rings. The number of nitrogens with zero attached hydrogens (tertiary/aromatic N) is 3. The molecule has 0 bridgehead atoms. The van der Waals surface area contributed by atoms with Crippen LogP contribution in [0.3, 0.4) is 0 Å². The third-order valence-corrected chi connectivity index (χ3v) is 7.57. The van der Waals surface area contributed by atoms with Crippen molar-refractivity contribution in [2.45, 2.75) is 31.1 Å². The van der Waals surface area contributed by atoms with Gasteiger partial charge in [-0.2, -0.15) is 0 Å². The van der Waals surface area contributed by atoms with Crippen LogP contribution < -0.4 is 10.6 Å². The van der Waals surface area contributed by atoms with Crippen LogP contribution in [-0.2, 0) is 4.74 Å². The average molecular weight is 566 g/mol. The number of anilines is 1. The van der Waals surface area contributed by atoms with E-state index in [2.05, 4.69) is 25.5 Å². The van der Waals surface area contributed by atoms with E-state index in [9.17, 15) is 18.4 Å². The number of alkyl halides is 2. The molecule has 5 rings (SSSR count). The van der Waals surface area contributed by atoms with E-state index in [-0.39, 0.29) is 33.6 Å². The molecule has 1 unspecified atom stereocenters. The number of aromatic nitrogens is 1. The fourth-order valence-corrected chi connectivity index (χ4v) is 5.72. The Hall–Kier alpha value is -4.21. The van der Waals surface area contributed by atoms with E-state index < -0.39 is 47.7 Å². The first-order valence-electron chi connectivity index (χ1n) is 12.2. The molecule has 1 saturated heterocycles. The third kappa shape index (κ3) is 5.71. The van der Waals surface area contributed by atoms with E-state index in [0.29, 0.717) is 5.56 Å². The van der Waals surface area contributed by atoms with Crippen molar-refractivity contribution >= 4 is 40.1 Å². The van der Waals surface area contributed by atoms with Gasteiger partial charge in [0.15, 0.2) is 5.17 Å². The van der Waals surface area contributed by atoms with Gasteiger partial charge in [0.05, 0.1) is 12.6 Å². The lowest BCUT2D eigenvalue weighted by molar-refractivity contribution is -0.130. The summed E-state index contributed by atoms with van der Waals surface area (Å²) in [5, 5.41) is 5.54. The number of ether oxygens (including phenoxy) is 1. The van der Waals surface area contributed by atoms with E-state index in [1.807, 2.05) is 0 Å². The molecule has 0 aliphatic carbocycles. The van der Waals surface area contributed by atoms with Crippen LogP contribution in [0, 0.1) is 18.3 Å². The molecule has 0 spiro atoms. The van der Waals surface area contributed by atoms with Gasteiger partial charge < -0.3 is 15.4 Å². The number of hydrogen-bond acceptors (Lipinski definition) is 6. The minimum absolute atomic E-state index is 0.0360. The Morgan fingerprint density at radius 3 is 2.55 bits per heavy atom. The number of pyridine rings is 1. The van der Waals surface area contributed by atoms with Gasteiger partial charge in [-0.25, -0.2) is 18.0 Å². The number of rotatable bonds is 5. The van der Waals surface area contributed by atoms with Gasteiger partial charge in [-0.3, -0.25) is 19.6 Å². The molecule has 2 aromatic carbocycles. The number of benzene rings is 2. The quantitative estimate of drug-likeness (QED) is 0.391. The molecule has 2 N–H and O–H groups in total. The molecule has 2 aliphatic heterocycles. The van der Waals surface area contributed by atoms with Crippen LogP contribution in [0.25, 0.3) is 4.85 Å². The van der Waals surface area contributed by atoms with E-state index in [0.717, 1.165) is 24.8 Å². The van der Waals surface area contributed by atoms with E-state index in [4.69, 9.17) is 11.3 Å². The van der Waals surface area contributed by atoms with Gasteiger partial charge in [0.1, 0.15) is 23.7 Å². The highest BCUT2D eigenvalue weighted by Gasteiger charge is 2.55. The molecule has 4 atom stereocenters. The van der Waals surface area contributed by atoms with Crippen molar-refractivity contribution in [3.63, 3.8) is 0 Å². The standard InChI is InChI=1S/C28H22F3N5O3S/c1-28(30,31)24-19-14-40-27(36-25(37)15-6-4-3-5-7-15)35-22(19)23(39-24)18-12-16(8-10-20(18)29)34-26(38)21-11-9-17(32-2)13-33-21/h3-13,19,22-24H,14H2,1H3,(H,34,38)(H,35,36,37)/t19-,22?,23-,24-/m0/s1. The molecular weight excluding hydrogens is 543 g/mol. The fraction of sp³-hybridized carbons (Fsp3) is 0.250. The van der Waals surface area contributed by atoms with Crippen molar-refractivity contribution in [2.75, 3.05) is 11.1 Å². The molecule has 2 amide bonds. The molecule has 12 heteroatoms. The summed E-state index contributed by atoms with van der Waals surface area (Å²) in [6, 6.07) is 14.1. The highest BCUT2D eigenvalue weighted by atomic mass is 32.2. The summed E-state index contributed by atoms with van der Waals surface area (Å²) in [4.78, 5) is 37.0. The molecule has 3 heterocycles. The van der Waals surface area contributed by atoms with Gasteiger partial charge in [-0.05, 0) is 36.4 Å². The number of halogens is 3. The van der Waals surface area contributed by atoms with Crippen LogP contribution in [0.5, 0.6) is 0 Å². The van der Waals surface area contributed by atoms with Gasteiger partial charge in [0.2, 0.25) is 5.69 Å². The minimum Gasteiger partial charge on any atom is -0.361 e. The molecule has 40 heavy (non-hydrogen) atoms. The number of carbonyl (C=O) groups excluding carboxylic acids is 2. The van der Waals surface area contributed by atoms with Gasteiger partial charge in [0.25, 0.3) is 17.7 Å². The van der Waals surface area contributed by atoms with Crippen molar-refractivity contribution in [1.29, 1.82) is 0 Å². The Kier molecular flexibility index (Phi) is 7.60. The number of thioether (sulfide) groups is 1. The van der Waals surface area contributed by atoms with Gasteiger partial charge in [-0.15, -0.1) is 0 Å². The summed E-state index contributed by atoms with van der Waals surface area (Å²) in [5.41, 5.74) is 0.837. The van der Waals surface area contributed by atoms with Crippen LogP contribution in [0.4, 0.5) is 24.5 Å². The molecule has 1 fully saturated rings. The normalized spacial score (nSPS) is 22.0. The molecule has 0 saturated carbocycles. The van der Waals surface area contributed by atoms with Crippen molar-refractivity contribution in [2.24, 2.45) is 10.9 Å². The zero-order valence-electron chi connectivity index (χ0n) is 21.0. The van der Waals surface area contributed by atoms with Gasteiger partial charge in [0, 0.05) is 41.6 Å². The summed E-state index contributed by atoms with van der Waals surface area (Å²) in [5.74, 6) is -5.54. The number of carbonyl (C=O) groups is 2. The zero-order valence-corrected chi connectivity index (χ0v) is 21.8. The van der Waals surface area contributed by atoms with Crippen molar-refractivity contribution in [3.8, 4) is 0 Å². The highest BCUT2D eigenvalue weighted by molar-refractivity contribution is 8.13. The molecule has 1 aromatic heterocycles. The SMILES string of the molecule is [C-]#[N+]c1ccc(C(=O)Nc2ccc(F)c([C@@H]3O[C@H](C(C)(F)F)[C@H]4CSC(NC(=O)c5ccccc5)=NC34)c2)nc1. The van der Waals surface area contributed by atoms with Gasteiger partial charge >= 0.3 is 0 Å². The predicted molar refractivity (Wildman–Crippen MR) is 144 cm³/mol. The second kappa shape index (κ2) is 11.1. The van der Waals surface area contributed by atoms with Crippen LogP contribution in [0.1, 0.15) is 39.4 Å². The number of amidine groups is 1. The Morgan fingerprint density at radius 1 is 1.10 bits per heavy atom. The minimum atomic E-state index is -3.23. The first-order chi connectivity index (χ1) is 19.1. The lowest BCUT2D eigenvalue weighted by Gasteiger charge is -2.28. The van der Waals surface area contributed by atoms with E-state index >= 15 is 4.39 Å². The monoisotopic (exact) mass is 565 g/mol. The second-order valence-corrected chi connectivity index (χ2v) is 10.4. The largest absolute Gasteiger partial charge is 0.361 e. The number of aliphatic imine (C=N–C) groups is 1. The van der Waals surface area contributed by atoms with Crippen LogP contribution in [-0.4, -0.2) is 45.8 Å². The second-order valence-electron chi connectivity index (χ2n) is 9.36. The smallest absolute Gasteiger partial charge is 0.274 e. The Labute approximate surface area is 231 Å². The molecule has 0 radical (unpaired) electrons. The Morgan fingerprint density at radius 2 is 1.88 bits per heavy atom. The van der Waals surface area contributed by atoms with Crippen molar-refractivity contribution in [1.82, 2.24) is 10.3 Å². The Bertz CT molecular complexity index is 1510. The number of nitrogens with one attached hydrogen (secondary N) is 2. The molecule has 3 aromatic rings. The highest BCUT2D eigenvalue weighted by Crippen LogP contribution is 2.48. The summed E-state index contributed by atoms with van der Waals surface area (Å²) in [7, 11) is 0. The van der Waals surface area contributed by atoms with Crippen molar-refractivity contribution < 1.29 is 27.5 Å². The molecule has 8 nitrogen and oxygen atoms in total. The summed E-state index contributed by atoms with van der Waals surface area (Å²) >= 11 is 1.12. The lowest BCUT2D eigenvalue weighted by atomic mass is 9.90. The molecular formula is C28H22F3N5O3S. The maximum Gasteiger partial charge on any atom is 0.274 e. The summed E-state index contributed by atoms with van der Waals surface area (Å²) < 4.78 is 50.1. The first kappa shape index (κ1) is 27.4. The van der Waals surface area contributed by atoms with Crippen LogP contribution in [0.15, 0.2) is 71.9 Å². The predicted octanol–water partition coefficient (Wildman–Crippen LogP) is 5.64. The lowest BCUT2D eigenvalue weighted by Crippen LogP contribution is -2.42. The van der Waals surface area contributed by atoms with Crippen LogP contribution >= 0.6 is 11.8 Å². The first-order valence-corrected chi connectivity index (χ1v) is 13.2. The fourth-order valence-electron chi connectivity index (χ4n) is 4.64. The van der Waals surface area contributed by atoms with Crippen molar-refractivity contribution in [3.05, 3.63) is 101 Å². The average Bonchev–Trinajstić information content (AvgIpc) is 3.34. The van der Waals surface area contributed by atoms with E-state index in [1.54, 1.807) is 30.3 Å². The van der Waals surface area contributed by atoms with E-state index in [1.165, 1.54) is 30.5 Å². The number of hydrogen-bond donors (Lipinski definition) is 2. The summed E-state index contributed by atoms with van der Waals surface area (Å²) in [6.45, 7) is 7.74. The molecule has 204 valence electrons. The number of amides is 2. The third-order valence-electron chi connectivity index (χ3n) is 6.54. The van der Waals surface area contributed by atoms with Crippen LogP contribution in [0.2, 0.25) is 0 Å².